The average Bonchev–Trinajstić information content (AvgIpc) is 3.44. The van der Waals surface area contributed by atoms with Gasteiger partial charge in [0.05, 0.1) is 29.4 Å². The maximum Gasteiger partial charge on any atom is 0.315 e. The van der Waals surface area contributed by atoms with Crippen LogP contribution >= 0.6 is 11.8 Å². The molecule has 4 aliphatic heterocycles. The Bertz CT molecular complexity index is 784. The molecule has 4 fully saturated rings. The number of rotatable bonds is 10. The molecule has 4 aliphatic rings. The summed E-state index contributed by atoms with van der Waals surface area (Å²) in [5.41, 5.74) is 0. The predicted octanol–water partition coefficient (Wildman–Crippen LogP) is 0.609. The van der Waals surface area contributed by atoms with Gasteiger partial charge in [-0.15, -0.1) is 0 Å². The van der Waals surface area contributed by atoms with Crippen LogP contribution in [0.25, 0.3) is 0 Å². The maximum absolute atomic E-state index is 11.8. The summed E-state index contributed by atoms with van der Waals surface area (Å²) in [4.78, 5) is 42.9. The molecule has 4 amide bonds. The second-order valence-electron chi connectivity index (χ2n) is 8.74. The van der Waals surface area contributed by atoms with Crippen molar-refractivity contribution in [1.29, 1.82) is 0 Å². The minimum Gasteiger partial charge on any atom is -0.481 e. The number of carboxylic acids is 2. The van der Waals surface area contributed by atoms with Crippen LogP contribution in [0.4, 0.5) is 9.59 Å². The van der Waals surface area contributed by atoms with Crippen molar-refractivity contribution in [3.8, 4) is 0 Å². The van der Waals surface area contributed by atoms with Crippen LogP contribution in [0.2, 0.25) is 0 Å². The number of hydrogen-bond donors (Lipinski definition) is 6. The zero-order valence-electron chi connectivity index (χ0n) is 18.3. The Labute approximate surface area is 199 Å². The fourth-order valence-electron chi connectivity index (χ4n) is 4.71. The largest absolute Gasteiger partial charge is 0.481 e. The van der Waals surface area contributed by atoms with Gasteiger partial charge in [0.2, 0.25) is 0 Å². The number of urea groups is 2. The van der Waals surface area contributed by atoms with Crippen molar-refractivity contribution in [2.45, 2.75) is 86.0 Å². The lowest BCUT2D eigenvalue weighted by Crippen LogP contribution is -2.38. The second-order valence-corrected chi connectivity index (χ2v) is 11.7. The van der Waals surface area contributed by atoms with Gasteiger partial charge in [-0.2, -0.15) is 11.8 Å². The van der Waals surface area contributed by atoms with Crippen LogP contribution in [0.15, 0.2) is 0 Å². The quantitative estimate of drug-likeness (QED) is 0.185. The Balaban J connectivity index is 0.000000186. The maximum atomic E-state index is 11.8. The topological polar surface area (TPSA) is 174 Å². The van der Waals surface area contributed by atoms with Gasteiger partial charge in [-0.3, -0.25) is 13.8 Å². The molecular weight excluding hydrogens is 472 g/mol. The number of fused-ring (bicyclic) bond motifs is 2. The molecule has 186 valence electrons. The van der Waals surface area contributed by atoms with Crippen molar-refractivity contribution in [3.63, 3.8) is 0 Å². The first-order valence-electron chi connectivity index (χ1n) is 11.3. The lowest BCUT2D eigenvalue weighted by molar-refractivity contribution is -0.138. The normalized spacial score (nSPS) is 33.6. The van der Waals surface area contributed by atoms with E-state index in [1.165, 1.54) is 0 Å². The van der Waals surface area contributed by atoms with Gasteiger partial charge in [0.1, 0.15) is 0 Å². The SMILES string of the molecule is O=C(O)CCCC[C@@H]1SC[C@@H]2NC(=O)N[C@@H]21.O=C(O)CCCC[C@H]1[C@H]2NC(=O)N[C@H]2CS1=O. The third-order valence-corrected chi connectivity index (χ3v) is 9.73. The molecular formula is C20H32N4O7S2. The highest BCUT2D eigenvalue weighted by Crippen LogP contribution is 2.33. The van der Waals surface area contributed by atoms with Crippen LogP contribution in [0.1, 0.15) is 51.4 Å². The van der Waals surface area contributed by atoms with E-state index in [2.05, 4.69) is 21.3 Å². The van der Waals surface area contributed by atoms with Crippen molar-refractivity contribution >= 4 is 46.6 Å². The van der Waals surface area contributed by atoms with Crippen molar-refractivity contribution in [2.24, 2.45) is 0 Å². The van der Waals surface area contributed by atoms with E-state index in [1.54, 1.807) is 0 Å². The van der Waals surface area contributed by atoms with E-state index in [1.807, 2.05) is 11.8 Å². The third kappa shape index (κ3) is 7.23. The lowest BCUT2D eigenvalue weighted by Gasteiger charge is -2.16. The summed E-state index contributed by atoms with van der Waals surface area (Å²) in [7, 11) is -0.923. The molecule has 0 spiro atoms. The van der Waals surface area contributed by atoms with Gasteiger partial charge in [-0.05, 0) is 25.7 Å². The van der Waals surface area contributed by atoms with Crippen molar-refractivity contribution < 1.29 is 33.6 Å². The molecule has 4 saturated heterocycles. The minimum atomic E-state index is -0.923. The van der Waals surface area contributed by atoms with E-state index in [4.69, 9.17) is 10.2 Å². The summed E-state index contributed by atoms with van der Waals surface area (Å²) in [6.45, 7) is 0. The zero-order chi connectivity index (χ0) is 24.0. The molecule has 0 aromatic heterocycles. The third-order valence-electron chi connectivity index (χ3n) is 6.33. The molecule has 0 aromatic carbocycles. The zero-order valence-corrected chi connectivity index (χ0v) is 19.9. The lowest BCUT2D eigenvalue weighted by atomic mass is 10.0. The molecule has 6 N–H and O–H groups in total. The van der Waals surface area contributed by atoms with Crippen molar-refractivity contribution in [3.05, 3.63) is 0 Å². The summed E-state index contributed by atoms with van der Waals surface area (Å²) in [6, 6.07) is 0.184. The first-order chi connectivity index (χ1) is 15.7. The van der Waals surface area contributed by atoms with Gasteiger partial charge in [0.25, 0.3) is 0 Å². The molecule has 11 nitrogen and oxygen atoms in total. The number of carbonyl (C=O) groups is 4. The van der Waals surface area contributed by atoms with E-state index in [0.29, 0.717) is 23.8 Å². The van der Waals surface area contributed by atoms with Gasteiger partial charge < -0.3 is 31.5 Å². The number of carbonyl (C=O) groups excluding carboxylic acids is 2. The molecule has 1 unspecified atom stereocenters. The molecule has 0 radical (unpaired) electrons. The molecule has 0 aliphatic carbocycles. The van der Waals surface area contributed by atoms with Crippen LogP contribution < -0.4 is 21.3 Å². The predicted molar refractivity (Wildman–Crippen MR) is 124 cm³/mol. The summed E-state index contributed by atoms with van der Waals surface area (Å²) in [5.74, 6) is -0.0564. The van der Waals surface area contributed by atoms with Crippen LogP contribution in [0, 0.1) is 0 Å². The van der Waals surface area contributed by atoms with Gasteiger partial charge >= 0.3 is 24.0 Å². The number of hydrogen-bond acceptors (Lipinski definition) is 6. The van der Waals surface area contributed by atoms with Gasteiger partial charge in [-0.25, -0.2) is 9.59 Å². The summed E-state index contributed by atoms with van der Waals surface area (Å²) < 4.78 is 11.8. The smallest absolute Gasteiger partial charge is 0.315 e. The molecule has 4 rings (SSSR count). The molecule has 13 heteroatoms. The summed E-state index contributed by atoms with van der Waals surface area (Å²) in [5, 5.41) is 28.8. The van der Waals surface area contributed by atoms with Gasteiger partial charge in [0.15, 0.2) is 0 Å². The monoisotopic (exact) mass is 504 g/mol. The average molecular weight is 505 g/mol. The minimum absolute atomic E-state index is 0.0205. The number of aliphatic carboxylic acids is 2. The van der Waals surface area contributed by atoms with E-state index >= 15 is 0 Å². The molecule has 33 heavy (non-hydrogen) atoms. The number of nitrogens with one attached hydrogen (secondary N) is 4. The number of amides is 4. The van der Waals surface area contributed by atoms with Crippen molar-refractivity contribution in [1.82, 2.24) is 21.3 Å². The van der Waals surface area contributed by atoms with E-state index in [0.717, 1.165) is 31.4 Å². The molecule has 0 saturated carbocycles. The Hall–Kier alpha value is -2.02. The first-order valence-corrected chi connectivity index (χ1v) is 13.7. The van der Waals surface area contributed by atoms with Crippen LogP contribution in [-0.2, 0) is 20.4 Å². The number of thioether (sulfide) groups is 1. The van der Waals surface area contributed by atoms with E-state index in [-0.39, 0.29) is 54.3 Å². The Morgan fingerprint density at radius 3 is 2.06 bits per heavy atom. The summed E-state index contributed by atoms with van der Waals surface area (Å²) >= 11 is 1.87. The van der Waals surface area contributed by atoms with Gasteiger partial charge in [0, 0.05) is 40.4 Å². The van der Waals surface area contributed by atoms with Crippen LogP contribution in [0.3, 0.4) is 0 Å². The molecule has 4 heterocycles. The molecule has 7 atom stereocenters. The standard InChI is InChI=1S/C10H16N2O4S.C10H16N2O3S/c13-8(14)4-2-1-3-7-9-6(5-17(7)16)11-10(15)12-9;13-8(14)4-2-1-3-7-9-6(5-16-7)11-10(15)12-9/h6-7,9H,1-5H2,(H,13,14)(H2,11,12,15);6-7,9H,1-5H2,(H,13,14)(H2,11,12,15)/t6-,7-,9-,17?;6-,7-,9-/m00/s1. The van der Waals surface area contributed by atoms with E-state index < -0.39 is 22.7 Å². The van der Waals surface area contributed by atoms with E-state index in [9.17, 15) is 23.4 Å². The highest BCUT2D eigenvalue weighted by molar-refractivity contribution is 8.00. The van der Waals surface area contributed by atoms with Crippen molar-refractivity contribution in [2.75, 3.05) is 11.5 Å². The fourth-order valence-corrected chi connectivity index (χ4v) is 8.16. The van der Waals surface area contributed by atoms with Crippen LogP contribution in [0.5, 0.6) is 0 Å². The van der Waals surface area contributed by atoms with Gasteiger partial charge in [-0.1, -0.05) is 12.8 Å². The Morgan fingerprint density at radius 1 is 0.848 bits per heavy atom. The highest BCUT2D eigenvalue weighted by Gasteiger charge is 2.46. The molecule has 0 aromatic rings. The highest BCUT2D eigenvalue weighted by atomic mass is 32.2. The second kappa shape index (κ2) is 11.9. The molecule has 0 bridgehead atoms. The Morgan fingerprint density at radius 2 is 1.42 bits per heavy atom. The summed E-state index contributed by atoms with van der Waals surface area (Å²) in [6.07, 6.45) is 5.08. The Kier molecular flexibility index (Phi) is 9.24. The fraction of sp³-hybridized carbons (Fsp3) is 0.800. The number of carboxylic acid groups (broad SMARTS) is 2. The van der Waals surface area contributed by atoms with Crippen LogP contribution in [-0.4, -0.2) is 84.6 Å². The number of unbranched alkanes of at least 4 members (excludes halogenated alkanes) is 2. The first kappa shape index (κ1) is 25.6.